The monoisotopic (exact) mass is 438 g/mol. The second-order valence-electron chi connectivity index (χ2n) is 6.31. The molecule has 2 N–H and O–H groups in total. The van der Waals surface area contributed by atoms with Gasteiger partial charge in [-0.3, -0.25) is 0 Å². The van der Waals surface area contributed by atoms with E-state index in [9.17, 15) is 21.6 Å². The molecule has 1 aromatic rings. The van der Waals surface area contributed by atoms with Gasteiger partial charge in [0.2, 0.25) is 0 Å². The van der Waals surface area contributed by atoms with Crippen LogP contribution < -0.4 is 10.6 Å². The van der Waals surface area contributed by atoms with Gasteiger partial charge >= 0.3 is 15.5 Å². The van der Waals surface area contributed by atoms with Gasteiger partial charge in [0.05, 0.1) is 6.54 Å². The van der Waals surface area contributed by atoms with Gasteiger partial charge in [-0.25, -0.2) is 13.4 Å². The lowest BCUT2D eigenvalue weighted by Crippen LogP contribution is -2.51. The molecule has 1 fully saturated rings. The Hall–Kier alpha value is -1.46. The first-order valence-corrected chi connectivity index (χ1v) is 11.6. The molecule has 0 atom stereocenters. The zero-order chi connectivity index (χ0) is 20.8. The Morgan fingerprint density at radius 2 is 1.86 bits per heavy atom. The van der Waals surface area contributed by atoms with Crippen LogP contribution in [0.25, 0.3) is 0 Å². The number of sulfonamides is 1. The van der Waals surface area contributed by atoms with Gasteiger partial charge in [-0.15, -0.1) is 11.8 Å². The van der Waals surface area contributed by atoms with E-state index in [1.54, 1.807) is 11.8 Å². The van der Waals surface area contributed by atoms with Crippen molar-refractivity contribution in [2.45, 2.75) is 42.8 Å². The molecule has 0 saturated carbocycles. The van der Waals surface area contributed by atoms with Crippen LogP contribution in [-0.4, -0.2) is 56.1 Å². The molecule has 1 aliphatic heterocycles. The second kappa shape index (κ2) is 9.84. The van der Waals surface area contributed by atoms with E-state index in [4.69, 9.17) is 0 Å². The van der Waals surface area contributed by atoms with Crippen molar-refractivity contribution in [1.82, 2.24) is 14.9 Å². The van der Waals surface area contributed by atoms with Gasteiger partial charge in [0.15, 0.2) is 5.96 Å². The van der Waals surface area contributed by atoms with E-state index in [0.717, 1.165) is 5.56 Å². The Kier molecular flexibility index (Phi) is 8.02. The van der Waals surface area contributed by atoms with Crippen LogP contribution in [0.4, 0.5) is 13.2 Å². The number of thioether (sulfide) groups is 1. The quantitative estimate of drug-likeness (QED) is 0.406. The summed E-state index contributed by atoms with van der Waals surface area (Å²) in [6.45, 7) is 2.68. The van der Waals surface area contributed by atoms with Crippen molar-refractivity contribution < 1.29 is 21.6 Å². The average molecular weight is 439 g/mol. The first-order chi connectivity index (χ1) is 13.2. The van der Waals surface area contributed by atoms with Crippen LogP contribution >= 0.6 is 11.8 Å². The molecule has 6 nitrogen and oxygen atoms in total. The lowest BCUT2D eigenvalue weighted by molar-refractivity contribution is -0.0494. The molecular formula is C17H25F3N4O2S2. The lowest BCUT2D eigenvalue weighted by atomic mass is 10.1. The summed E-state index contributed by atoms with van der Waals surface area (Å²) in [5.74, 6) is 0.563. The number of aliphatic imine (C=N–C) groups is 1. The molecular weight excluding hydrogens is 413 g/mol. The van der Waals surface area contributed by atoms with Gasteiger partial charge in [0.1, 0.15) is 0 Å². The van der Waals surface area contributed by atoms with E-state index in [1.807, 2.05) is 37.4 Å². The molecule has 0 aliphatic carbocycles. The van der Waals surface area contributed by atoms with Crippen LogP contribution in [0.2, 0.25) is 0 Å². The fraction of sp³-hybridized carbons (Fsp3) is 0.588. The predicted octanol–water partition coefficient (Wildman–Crippen LogP) is 2.78. The Labute approximate surface area is 168 Å². The van der Waals surface area contributed by atoms with Crippen LogP contribution in [0, 0.1) is 0 Å². The number of nitrogens with one attached hydrogen (secondary N) is 2. The van der Waals surface area contributed by atoms with Crippen LogP contribution in [-0.2, 0) is 16.6 Å². The van der Waals surface area contributed by atoms with Gasteiger partial charge in [0, 0.05) is 30.6 Å². The van der Waals surface area contributed by atoms with Crippen molar-refractivity contribution in [2.24, 2.45) is 4.99 Å². The number of guanidine groups is 1. The highest BCUT2D eigenvalue weighted by molar-refractivity contribution is 7.98. The summed E-state index contributed by atoms with van der Waals surface area (Å²) >= 11 is 1.66. The van der Waals surface area contributed by atoms with Crippen molar-refractivity contribution in [3.8, 4) is 0 Å². The molecule has 0 amide bonds. The minimum absolute atomic E-state index is 0.142. The van der Waals surface area contributed by atoms with E-state index in [0.29, 0.717) is 23.4 Å². The molecule has 0 aromatic heterocycles. The van der Waals surface area contributed by atoms with Gasteiger partial charge < -0.3 is 10.6 Å². The molecule has 11 heteroatoms. The van der Waals surface area contributed by atoms with Crippen LogP contribution in [0.1, 0.15) is 25.3 Å². The number of rotatable bonds is 6. The number of benzene rings is 1. The lowest BCUT2D eigenvalue weighted by Gasteiger charge is -2.32. The number of hydrogen-bond donors (Lipinski definition) is 2. The minimum atomic E-state index is -5.26. The Balaban J connectivity index is 1.94. The van der Waals surface area contributed by atoms with Crippen molar-refractivity contribution in [2.75, 3.05) is 25.9 Å². The van der Waals surface area contributed by atoms with Gasteiger partial charge in [-0.05, 0) is 43.7 Å². The van der Waals surface area contributed by atoms with Gasteiger partial charge in [0.25, 0.3) is 0 Å². The molecule has 158 valence electrons. The highest BCUT2D eigenvalue weighted by Gasteiger charge is 2.50. The van der Waals surface area contributed by atoms with E-state index in [2.05, 4.69) is 15.6 Å². The Bertz CT molecular complexity index is 760. The third-order valence-corrected chi connectivity index (χ3v) is 6.72. The SMILES string of the molecule is CCNC(=NCc1ccc(SC)cc1)NC1CCN(S(=O)(=O)C(F)(F)F)CC1. The van der Waals surface area contributed by atoms with Crippen molar-refractivity contribution in [3.05, 3.63) is 29.8 Å². The highest BCUT2D eigenvalue weighted by atomic mass is 32.2. The highest BCUT2D eigenvalue weighted by Crippen LogP contribution is 2.28. The Morgan fingerprint density at radius 3 is 2.36 bits per heavy atom. The zero-order valence-electron chi connectivity index (χ0n) is 15.8. The molecule has 1 aromatic carbocycles. The van der Waals surface area contributed by atoms with Crippen molar-refractivity contribution in [1.29, 1.82) is 0 Å². The summed E-state index contributed by atoms with van der Waals surface area (Å²) in [4.78, 5) is 5.68. The molecule has 0 spiro atoms. The van der Waals surface area contributed by atoms with E-state index in [-0.39, 0.29) is 32.0 Å². The van der Waals surface area contributed by atoms with Gasteiger partial charge in [-0.2, -0.15) is 17.5 Å². The summed E-state index contributed by atoms with van der Waals surface area (Å²) in [7, 11) is -5.26. The average Bonchev–Trinajstić information content (AvgIpc) is 2.66. The maximum atomic E-state index is 12.7. The topological polar surface area (TPSA) is 73.8 Å². The van der Waals surface area contributed by atoms with Crippen molar-refractivity contribution in [3.63, 3.8) is 0 Å². The summed E-state index contributed by atoms with van der Waals surface area (Å²) in [5, 5.41) is 6.30. The molecule has 1 heterocycles. The third-order valence-electron chi connectivity index (χ3n) is 4.35. The van der Waals surface area contributed by atoms with Gasteiger partial charge in [-0.1, -0.05) is 12.1 Å². The number of piperidine rings is 1. The summed E-state index contributed by atoms with van der Waals surface area (Å²) in [6, 6.07) is 7.90. The summed E-state index contributed by atoms with van der Waals surface area (Å²) < 4.78 is 61.5. The number of alkyl halides is 3. The maximum absolute atomic E-state index is 12.7. The first-order valence-electron chi connectivity index (χ1n) is 8.91. The molecule has 28 heavy (non-hydrogen) atoms. The normalized spacial score (nSPS) is 17.5. The van der Waals surface area contributed by atoms with E-state index >= 15 is 0 Å². The number of nitrogens with zero attached hydrogens (tertiary/aromatic N) is 2. The standard InChI is InChI=1S/C17H25F3N4O2S2/c1-3-21-16(22-12-13-4-6-15(27-2)7-5-13)23-14-8-10-24(11-9-14)28(25,26)17(18,19)20/h4-7,14H,3,8-12H2,1-2H3,(H2,21,22,23). The second-order valence-corrected chi connectivity index (χ2v) is 9.12. The first kappa shape index (κ1) is 22.8. The summed E-state index contributed by atoms with van der Waals surface area (Å²) in [6.07, 6.45) is 2.57. The molecule has 0 radical (unpaired) electrons. The van der Waals surface area contributed by atoms with E-state index < -0.39 is 15.5 Å². The molecule has 0 bridgehead atoms. The van der Waals surface area contributed by atoms with Crippen LogP contribution in [0.5, 0.6) is 0 Å². The fourth-order valence-corrected chi connectivity index (χ4v) is 4.19. The summed E-state index contributed by atoms with van der Waals surface area (Å²) in [5.41, 5.74) is -4.21. The molecule has 0 unspecified atom stereocenters. The predicted molar refractivity (Wildman–Crippen MR) is 106 cm³/mol. The van der Waals surface area contributed by atoms with Crippen LogP contribution in [0.15, 0.2) is 34.2 Å². The fourth-order valence-electron chi connectivity index (χ4n) is 2.80. The third kappa shape index (κ3) is 6.02. The largest absolute Gasteiger partial charge is 0.511 e. The number of halogens is 3. The minimum Gasteiger partial charge on any atom is -0.357 e. The molecule has 2 rings (SSSR count). The zero-order valence-corrected chi connectivity index (χ0v) is 17.4. The smallest absolute Gasteiger partial charge is 0.357 e. The molecule has 1 aliphatic rings. The molecule has 1 saturated heterocycles. The Morgan fingerprint density at radius 1 is 1.25 bits per heavy atom. The maximum Gasteiger partial charge on any atom is 0.511 e. The van der Waals surface area contributed by atoms with Crippen molar-refractivity contribution >= 4 is 27.7 Å². The van der Waals surface area contributed by atoms with Crippen LogP contribution in [0.3, 0.4) is 0 Å². The van der Waals surface area contributed by atoms with E-state index in [1.165, 1.54) is 4.90 Å². The number of hydrogen-bond acceptors (Lipinski definition) is 4.